The molecule has 140 valence electrons. The van der Waals surface area contributed by atoms with Gasteiger partial charge in [0.2, 0.25) is 0 Å². The number of carbonyl (C=O) groups excluding carboxylic acids is 2. The number of carboxylic acids is 1. The second-order valence-corrected chi connectivity index (χ2v) is 6.09. The average molecular weight is 376 g/mol. The van der Waals surface area contributed by atoms with Gasteiger partial charge in [-0.15, -0.1) is 0 Å². The van der Waals surface area contributed by atoms with E-state index in [4.69, 9.17) is 9.47 Å². The van der Waals surface area contributed by atoms with Gasteiger partial charge in [0.1, 0.15) is 11.5 Å². The van der Waals surface area contributed by atoms with E-state index in [9.17, 15) is 19.5 Å². The van der Waals surface area contributed by atoms with E-state index in [1.807, 2.05) is 37.3 Å². The van der Waals surface area contributed by atoms with Gasteiger partial charge in [-0.2, -0.15) is 0 Å². The van der Waals surface area contributed by atoms with Gasteiger partial charge < -0.3 is 14.6 Å². The number of hydrogen-bond acceptors (Lipinski definition) is 5. The minimum Gasteiger partial charge on any atom is -0.478 e. The van der Waals surface area contributed by atoms with Gasteiger partial charge >= 0.3 is 5.97 Å². The second-order valence-electron chi connectivity index (χ2n) is 6.09. The highest BCUT2D eigenvalue weighted by molar-refractivity contribution is 5.90. The predicted octanol–water partition coefficient (Wildman–Crippen LogP) is 4.10. The first-order valence-electron chi connectivity index (χ1n) is 8.31. The van der Waals surface area contributed by atoms with Gasteiger partial charge in [0.25, 0.3) is 12.9 Å². The smallest absolute Gasteiger partial charge is 0.335 e. The van der Waals surface area contributed by atoms with Crippen LogP contribution in [-0.4, -0.2) is 24.0 Å². The molecule has 28 heavy (non-hydrogen) atoms. The number of carboxylic acid groups (broad SMARTS) is 1. The Morgan fingerprint density at radius 2 is 1.25 bits per heavy atom. The van der Waals surface area contributed by atoms with Gasteiger partial charge in [0, 0.05) is 0 Å². The van der Waals surface area contributed by atoms with Crippen molar-refractivity contribution in [2.45, 2.75) is 6.92 Å². The number of ether oxygens (including phenoxy) is 2. The highest BCUT2D eigenvalue weighted by Gasteiger charge is 2.10. The van der Waals surface area contributed by atoms with Crippen molar-refractivity contribution in [3.05, 3.63) is 71.8 Å². The highest BCUT2D eigenvalue weighted by Crippen LogP contribution is 2.30. The number of aromatic carboxylic acids is 1. The number of hydrogen-bond donors (Lipinski definition) is 1. The first-order chi connectivity index (χ1) is 13.5. The second kappa shape index (κ2) is 8.18. The minimum atomic E-state index is -1.11. The first kappa shape index (κ1) is 18.8. The predicted molar refractivity (Wildman–Crippen MR) is 102 cm³/mol. The maximum atomic E-state index is 11.3. The molecule has 0 saturated heterocycles. The summed E-state index contributed by atoms with van der Waals surface area (Å²) in [7, 11) is 0. The van der Waals surface area contributed by atoms with E-state index in [0.29, 0.717) is 17.8 Å². The molecule has 0 aliphatic rings. The Morgan fingerprint density at radius 3 is 1.75 bits per heavy atom. The Hall–Kier alpha value is -3.93. The molecular formula is C22H16O6. The highest BCUT2D eigenvalue weighted by atomic mass is 16.5. The van der Waals surface area contributed by atoms with Crippen molar-refractivity contribution in [2.75, 3.05) is 0 Å². The molecule has 6 heteroatoms. The summed E-state index contributed by atoms with van der Waals surface area (Å²) in [5.74, 6) is -0.501. The van der Waals surface area contributed by atoms with E-state index < -0.39 is 5.97 Å². The fourth-order valence-electron chi connectivity index (χ4n) is 2.91. The van der Waals surface area contributed by atoms with E-state index in [1.165, 1.54) is 12.1 Å². The molecule has 0 saturated carbocycles. The Kier molecular flexibility index (Phi) is 5.50. The summed E-state index contributed by atoms with van der Waals surface area (Å²) >= 11 is 0. The number of carbonyl (C=O) groups is 3. The molecule has 0 unspecified atom stereocenters. The van der Waals surface area contributed by atoms with Crippen LogP contribution in [0.1, 0.15) is 15.9 Å². The molecule has 0 spiro atoms. The van der Waals surface area contributed by atoms with E-state index in [0.717, 1.165) is 22.3 Å². The summed E-state index contributed by atoms with van der Waals surface area (Å²) in [6, 6.07) is 17.3. The van der Waals surface area contributed by atoms with Crippen molar-refractivity contribution >= 4 is 18.9 Å². The van der Waals surface area contributed by atoms with Crippen molar-refractivity contribution in [1.82, 2.24) is 0 Å². The molecule has 3 aromatic carbocycles. The maximum absolute atomic E-state index is 11.3. The van der Waals surface area contributed by atoms with Crippen LogP contribution in [0, 0.1) is 6.92 Å². The van der Waals surface area contributed by atoms with Gasteiger partial charge in [-0.25, -0.2) is 4.79 Å². The van der Waals surface area contributed by atoms with Crippen LogP contribution in [-0.2, 0) is 9.59 Å². The summed E-state index contributed by atoms with van der Waals surface area (Å²) in [6.45, 7) is 2.54. The quantitative estimate of drug-likeness (QED) is 0.625. The molecule has 0 aliphatic heterocycles. The van der Waals surface area contributed by atoms with Crippen LogP contribution >= 0.6 is 0 Å². The van der Waals surface area contributed by atoms with Gasteiger partial charge in [-0.3, -0.25) is 9.59 Å². The summed E-state index contributed by atoms with van der Waals surface area (Å²) in [5, 5.41) is 9.26. The largest absolute Gasteiger partial charge is 0.478 e. The van der Waals surface area contributed by atoms with Gasteiger partial charge in [-0.05, 0) is 65.1 Å². The molecule has 0 heterocycles. The normalized spacial score (nSPS) is 10.2. The van der Waals surface area contributed by atoms with Crippen molar-refractivity contribution in [3.63, 3.8) is 0 Å². The fraction of sp³-hybridized carbons (Fsp3) is 0.0455. The summed E-state index contributed by atoms with van der Waals surface area (Å²) in [4.78, 5) is 32.5. The monoisotopic (exact) mass is 376 g/mol. The van der Waals surface area contributed by atoms with E-state index >= 15 is 0 Å². The lowest BCUT2D eigenvalue weighted by atomic mass is 9.98. The van der Waals surface area contributed by atoms with E-state index in [1.54, 1.807) is 18.2 Å². The lowest BCUT2D eigenvalue weighted by Crippen LogP contribution is -1.99. The summed E-state index contributed by atoms with van der Waals surface area (Å²) in [5.41, 5.74) is 4.13. The first-order valence-corrected chi connectivity index (χ1v) is 8.31. The number of rotatable bonds is 7. The molecular weight excluding hydrogens is 360 g/mol. The lowest BCUT2D eigenvalue weighted by molar-refractivity contribution is -0.121. The van der Waals surface area contributed by atoms with Gasteiger partial charge in [-0.1, -0.05) is 30.3 Å². The van der Waals surface area contributed by atoms with Gasteiger partial charge in [0.15, 0.2) is 0 Å². The van der Waals surface area contributed by atoms with Crippen LogP contribution in [0.4, 0.5) is 0 Å². The zero-order chi connectivity index (χ0) is 20.1. The van der Waals surface area contributed by atoms with Crippen LogP contribution in [0.5, 0.6) is 11.5 Å². The molecule has 3 aromatic rings. The number of benzene rings is 3. The molecule has 3 rings (SSSR count). The van der Waals surface area contributed by atoms with E-state index in [-0.39, 0.29) is 17.8 Å². The molecule has 0 aromatic heterocycles. The molecule has 0 aliphatic carbocycles. The minimum absolute atomic E-state index is 0.0211. The van der Waals surface area contributed by atoms with Crippen molar-refractivity contribution in [3.8, 4) is 33.8 Å². The SMILES string of the molecule is Cc1cc(OC=O)cc(-c2ccc(-c3cc(OC=O)cc(C(=O)O)c3)cc2)c1. The molecule has 6 nitrogen and oxygen atoms in total. The van der Waals surface area contributed by atoms with Gasteiger partial charge in [0.05, 0.1) is 5.56 Å². The van der Waals surface area contributed by atoms with Crippen molar-refractivity contribution in [1.29, 1.82) is 0 Å². The Balaban J connectivity index is 1.98. The lowest BCUT2D eigenvalue weighted by Gasteiger charge is -2.09. The van der Waals surface area contributed by atoms with Crippen molar-refractivity contribution < 1.29 is 29.0 Å². The van der Waals surface area contributed by atoms with Crippen LogP contribution in [0.25, 0.3) is 22.3 Å². The Morgan fingerprint density at radius 1 is 0.750 bits per heavy atom. The standard InChI is InChI=1S/C22H16O6/c1-14-6-17(9-20(7-14)27-12-23)15-2-4-16(5-3-15)18-8-19(22(25)26)11-21(10-18)28-13-24/h2-13H,1H3,(H,25,26). The van der Waals surface area contributed by atoms with E-state index in [2.05, 4.69) is 0 Å². The Labute approximate surface area is 161 Å². The molecule has 0 atom stereocenters. The van der Waals surface area contributed by atoms with Crippen LogP contribution in [0.2, 0.25) is 0 Å². The summed E-state index contributed by atoms with van der Waals surface area (Å²) in [6.07, 6.45) is 0. The van der Waals surface area contributed by atoms with Crippen LogP contribution in [0.15, 0.2) is 60.7 Å². The third-order valence-corrected chi connectivity index (χ3v) is 4.12. The third kappa shape index (κ3) is 4.24. The molecule has 0 fully saturated rings. The third-order valence-electron chi connectivity index (χ3n) is 4.12. The Bertz CT molecular complexity index is 1040. The van der Waals surface area contributed by atoms with Crippen LogP contribution < -0.4 is 9.47 Å². The number of aryl methyl sites for hydroxylation is 1. The molecule has 0 bridgehead atoms. The maximum Gasteiger partial charge on any atom is 0.335 e. The van der Waals surface area contributed by atoms with Crippen LogP contribution in [0.3, 0.4) is 0 Å². The topological polar surface area (TPSA) is 89.9 Å². The molecule has 0 radical (unpaired) electrons. The summed E-state index contributed by atoms with van der Waals surface area (Å²) < 4.78 is 9.75. The molecule has 1 N–H and O–H groups in total. The average Bonchev–Trinajstić information content (AvgIpc) is 2.68. The zero-order valence-electron chi connectivity index (χ0n) is 14.9. The molecule has 0 amide bonds. The zero-order valence-corrected chi connectivity index (χ0v) is 14.9. The fourth-order valence-corrected chi connectivity index (χ4v) is 2.91. The van der Waals surface area contributed by atoms with Crippen molar-refractivity contribution in [2.24, 2.45) is 0 Å².